The average molecular weight is 491 g/mol. The maximum atomic E-state index is 13.7. The van der Waals surface area contributed by atoms with E-state index < -0.39 is 66.8 Å². The van der Waals surface area contributed by atoms with Crippen LogP contribution >= 0.6 is 0 Å². The zero-order valence-electron chi connectivity index (χ0n) is 20.3. The third kappa shape index (κ3) is 6.55. The first-order valence-electron chi connectivity index (χ1n) is 10.9. The zero-order chi connectivity index (χ0) is 26.5. The number of carboxylic acids is 1. The van der Waals surface area contributed by atoms with E-state index in [4.69, 9.17) is 9.47 Å². The third-order valence-electron chi connectivity index (χ3n) is 4.91. The van der Waals surface area contributed by atoms with E-state index in [1.165, 1.54) is 19.2 Å². The summed E-state index contributed by atoms with van der Waals surface area (Å²) < 4.78 is 10.2. The second kappa shape index (κ2) is 11.0. The van der Waals surface area contributed by atoms with Crippen LogP contribution in [0.25, 0.3) is 0 Å². The lowest BCUT2D eigenvalue weighted by molar-refractivity contribution is -0.161. The van der Waals surface area contributed by atoms with E-state index in [9.17, 15) is 33.9 Å². The first-order valence-corrected chi connectivity index (χ1v) is 10.9. The van der Waals surface area contributed by atoms with Crippen LogP contribution in [0.3, 0.4) is 0 Å². The lowest BCUT2D eigenvalue weighted by Crippen LogP contribution is -2.58. The second-order valence-electron chi connectivity index (χ2n) is 8.68. The Balaban J connectivity index is 2.48. The zero-order valence-corrected chi connectivity index (χ0v) is 20.3. The van der Waals surface area contributed by atoms with Crippen molar-refractivity contribution in [3.8, 4) is 0 Å². The number of hydrogen-bond donors (Lipinski definition) is 1. The van der Waals surface area contributed by atoms with Crippen molar-refractivity contribution >= 4 is 35.8 Å². The van der Waals surface area contributed by atoms with Gasteiger partial charge in [0.05, 0.1) is 17.7 Å². The smallest absolute Gasteiger partial charge is 0.429 e. The number of fused-ring (bicyclic) bond motifs is 1. The van der Waals surface area contributed by atoms with Crippen LogP contribution in [-0.2, 0) is 23.9 Å². The molecule has 1 aromatic rings. The van der Waals surface area contributed by atoms with Crippen molar-refractivity contribution in [2.24, 2.45) is 0 Å². The summed E-state index contributed by atoms with van der Waals surface area (Å²) in [5, 5.41) is 10.6. The van der Waals surface area contributed by atoms with Crippen molar-refractivity contribution < 1.29 is 43.3 Å². The van der Waals surface area contributed by atoms with Gasteiger partial charge in [0, 0.05) is 13.5 Å². The van der Waals surface area contributed by atoms with E-state index in [0.29, 0.717) is 9.91 Å². The van der Waals surface area contributed by atoms with Crippen LogP contribution in [0.4, 0.5) is 4.79 Å². The summed E-state index contributed by atoms with van der Waals surface area (Å²) in [6, 6.07) is 4.31. The third-order valence-corrected chi connectivity index (χ3v) is 4.91. The van der Waals surface area contributed by atoms with Crippen molar-refractivity contribution in [3.05, 3.63) is 35.4 Å². The van der Waals surface area contributed by atoms with Gasteiger partial charge >= 0.3 is 18.0 Å². The van der Waals surface area contributed by atoms with Crippen molar-refractivity contribution in [1.82, 2.24) is 14.9 Å². The summed E-state index contributed by atoms with van der Waals surface area (Å²) in [4.78, 5) is 76.6. The van der Waals surface area contributed by atoms with Crippen molar-refractivity contribution in [1.29, 1.82) is 0 Å². The number of carbonyl (C=O) groups is 6. The maximum Gasteiger partial charge on any atom is 0.429 e. The molecule has 12 heteroatoms. The number of carboxylic acid groups (broad SMARTS) is 1. The van der Waals surface area contributed by atoms with Crippen LogP contribution in [0.15, 0.2) is 24.3 Å². The lowest BCUT2D eigenvalue weighted by Gasteiger charge is -2.36. The van der Waals surface area contributed by atoms with Gasteiger partial charge in [-0.3, -0.25) is 28.9 Å². The molecule has 0 aromatic heterocycles. The van der Waals surface area contributed by atoms with Crippen LogP contribution in [0.2, 0.25) is 0 Å². The van der Waals surface area contributed by atoms with Gasteiger partial charge in [-0.15, -0.1) is 0 Å². The monoisotopic (exact) mass is 491 g/mol. The van der Waals surface area contributed by atoms with Crippen molar-refractivity contribution in [2.45, 2.75) is 52.2 Å². The van der Waals surface area contributed by atoms with Crippen LogP contribution < -0.4 is 0 Å². The molecule has 0 fully saturated rings. The molecule has 190 valence electrons. The lowest BCUT2D eigenvalue weighted by atomic mass is 10.1. The van der Waals surface area contributed by atoms with Gasteiger partial charge in [0.2, 0.25) is 0 Å². The highest BCUT2D eigenvalue weighted by atomic mass is 16.6. The van der Waals surface area contributed by atoms with E-state index in [0.717, 1.165) is 5.01 Å². The number of hydrazine groups is 1. The number of amides is 4. The predicted octanol–water partition coefficient (Wildman–Crippen LogP) is 1.69. The Hall–Kier alpha value is -3.96. The predicted molar refractivity (Wildman–Crippen MR) is 120 cm³/mol. The van der Waals surface area contributed by atoms with Crippen LogP contribution in [0.1, 0.15) is 61.3 Å². The van der Waals surface area contributed by atoms with Crippen LogP contribution in [0, 0.1) is 0 Å². The number of aliphatic carboxylic acids is 1. The van der Waals surface area contributed by atoms with Gasteiger partial charge in [0.15, 0.2) is 0 Å². The Kier molecular flexibility index (Phi) is 8.56. The Morgan fingerprint density at radius 3 is 2.06 bits per heavy atom. The number of carbonyl (C=O) groups excluding carboxylic acids is 5. The summed E-state index contributed by atoms with van der Waals surface area (Å²) in [5.41, 5.74) is -0.819. The number of rotatable bonds is 8. The Labute approximate surface area is 202 Å². The van der Waals surface area contributed by atoms with Gasteiger partial charge in [-0.2, -0.15) is 0 Å². The molecule has 1 aliphatic heterocycles. The van der Waals surface area contributed by atoms with Gasteiger partial charge in [0.1, 0.15) is 18.2 Å². The van der Waals surface area contributed by atoms with Crippen molar-refractivity contribution in [2.75, 3.05) is 20.2 Å². The number of imide groups is 1. The largest absolute Gasteiger partial charge is 0.481 e. The van der Waals surface area contributed by atoms with E-state index in [1.54, 1.807) is 39.8 Å². The fourth-order valence-electron chi connectivity index (χ4n) is 3.37. The molecule has 1 atom stereocenters. The highest BCUT2D eigenvalue weighted by molar-refractivity contribution is 6.22. The fraction of sp³-hybridized carbons (Fsp3) is 0.478. The second-order valence-corrected chi connectivity index (χ2v) is 8.68. The Morgan fingerprint density at radius 1 is 1.06 bits per heavy atom. The summed E-state index contributed by atoms with van der Waals surface area (Å²) in [7, 11) is 1.17. The number of hydrogen-bond acceptors (Lipinski definition) is 8. The first kappa shape index (κ1) is 27.3. The van der Waals surface area contributed by atoms with E-state index in [2.05, 4.69) is 0 Å². The summed E-state index contributed by atoms with van der Waals surface area (Å²) in [6.07, 6.45) is -2.00. The highest BCUT2D eigenvalue weighted by Gasteiger charge is 2.45. The van der Waals surface area contributed by atoms with Crippen LogP contribution in [0.5, 0.6) is 0 Å². The highest BCUT2D eigenvalue weighted by Crippen LogP contribution is 2.27. The van der Waals surface area contributed by atoms with E-state index in [-0.39, 0.29) is 17.7 Å². The summed E-state index contributed by atoms with van der Waals surface area (Å²) in [5.74, 6) is -4.73. The maximum absolute atomic E-state index is 13.7. The molecule has 12 nitrogen and oxygen atoms in total. The summed E-state index contributed by atoms with van der Waals surface area (Å²) in [6.45, 7) is 5.61. The number of nitrogens with zero attached hydrogens (tertiary/aromatic N) is 3. The molecule has 0 bridgehead atoms. The van der Waals surface area contributed by atoms with Gasteiger partial charge in [-0.05, 0) is 46.2 Å². The Bertz CT molecular complexity index is 996. The minimum Gasteiger partial charge on any atom is -0.481 e. The molecule has 35 heavy (non-hydrogen) atoms. The average Bonchev–Trinajstić information content (AvgIpc) is 3.01. The minimum atomic E-state index is -1.61. The number of ether oxygens (including phenoxy) is 2. The molecule has 1 heterocycles. The van der Waals surface area contributed by atoms with Gasteiger partial charge in [-0.25, -0.2) is 14.8 Å². The number of benzene rings is 1. The minimum absolute atomic E-state index is 0.00212. The SMILES string of the molecule is CCOC(=O)CN(C(=O)C(CCC(=O)O)N1C(=O)c2ccccc2C1=O)N(C)C(=O)OC(C)(C)C. The van der Waals surface area contributed by atoms with Gasteiger partial charge in [0.25, 0.3) is 17.7 Å². The first-order chi connectivity index (χ1) is 16.3. The molecule has 0 spiro atoms. The molecule has 0 saturated heterocycles. The fourth-order valence-corrected chi connectivity index (χ4v) is 3.37. The van der Waals surface area contributed by atoms with Crippen LogP contribution in [-0.4, -0.2) is 87.6 Å². The number of esters is 1. The molecular formula is C23H29N3O9. The summed E-state index contributed by atoms with van der Waals surface area (Å²) >= 11 is 0. The molecule has 1 aromatic carbocycles. The quantitative estimate of drug-likeness (QED) is 0.325. The topological polar surface area (TPSA) is 151 Å². The molecule has 2 rings (SSSR count). The molecule has 0 saturated carbocycles. The van der Waals surface area contributed by atoms with Gasteiger partial charge in [-0.1, -0.05) is 12.1 Å². The molecular weight excluding hydrogens is 462 g/mol. The van der Waals surface area contributed by atoms with E-state index in [1.807, 2.05) is 0 Å². The standard InChI is InChI=1S/C23H29N3O9/c1-6-34-18(29)13-25(24(5)22(33)35-23(2,3)4)21(32)16(11-12-17(27)28)26-19(30)14-9-7-8-10-15(14)20(26)31/h7-10,16H,6,11-13H2,1-5H3,(H,27,28). The molecule has 4 amide bonds. The molecule has 1 aliphatic rings. The van der Waals surface area contributed by atoms with Gasteiger partial charge < -0.3 is 14.6 Å². The molecule has 0 aliphatic carbocycles. The molecule has 0 radical (unpaired) electrons. The van der Waals surface area contributed by atoms with Crippen molar-refractivity contribution in [3.63, 3.8) is 0 Å². The van der Waals surface area contributed by atoms with E-state index >= 15 is 0 Å². The molecule has 1 N–H and O–H groups in total. The Morgan fingerprint density at radius 2 is 1.60 bits per heavy atom. The normalized spacial score (nSPS) is 13.7. The molecule has 1 unspecified atom stereocenters.